The molecule has 0 radical (unpaired) electrons. The number of hydrogen-bond donors (Lipinski definition) is 1. The second kappa shape index (κ2) is 6.05. The predicted octanol–water partition coefficient (Wildman–Crippen LogP) is 2.49. The van der Waals surface area contributed by atoms with Crippen LogP contribution in [0.3, 0.4) is 0 Å². The van der Waals surface area contributed by atoms with Gasteiger partial charge >= 0.3 is 0 Å². The van der Waals surface area contributed by atoms with Gasteiger partial charge in [-0.3, -0.25) is 4.79 Å². The van der Waals surface area contributed by atoms with Gasteiger partial charge in [0.05, 0.1) is 12.7 Å². The maximum absolute atomic E-state index is 12.3. The normalized spacial score (nSPS) is 28.7. The lowest BCUT2D eigenvalue weighted by atomic mass is 10.00. The number of halogens is 1. The van der Waals surface area contributed by atoms with Gasteiger partial charge in [-0.05, 0) is 36.5 Å². The quantitative estimate of drug-likeness (QED) is 0.929. The van der Waals surface area contributed by atoms with Crippen molar-refractivity contribution < 1.29 is 9.53 Å². The predicted molar refractivity (Wildman–Crippen MR) is 78.8 cm³/mol. The molecule has 0 spiro atoms. The summed E-state index contributed by atoms with van der Waals surface area (Å²) in [6.45, 7) is 1.24. The first-order valence-electron chi connectivity index (χ1n) is 7.22. The third-order valence-electron chi connectivity index (χ3n) is 4.30. The molecule has 1 saturated carbocycles. The highest BCUT2D eigenvalue weighted by Crippen LogP contribution is 2.47. The fourth-order valence-corrected chi connectivity index (χ4v) is 3.02. The minimum absolute atomic E-state index is 0.0200. The molecule has 0 bridgehead atoms. The number of hydrogen-bond acceptors (Lipinski definition) is 3. The van der Waals surface area contributed by atoms with Crippen LogP contribution < -0.4 is 5.32 Å². The van der Waals surface area contributed by atoms with Crippen LogP contribution in [0, 0.1) is 23.2 Å². The Labute approximate surface area is 129 Å². The zero-order valence-corrected chi connectivity index (χ0v) is 12.3. The van der Waals surface area contributed by atoms with Crippen molar-refractivity contribution in [3.8, 4) is 6.07 Å². The first-order chi connectivity index (χ1) is 10.2. The molecule has 1 N–H and O–H groups in total. The van der Waals surface area contributed by atoms with Crippen molar-refractivity contribution in [3.05, 3.63) is 34.9 Å². The maximum atomic E-state index is 12.3. The number of nitrogens with one attached hydrogen (secondary N) is 1. The van der Waals surface area contributed by atoms with Gasteiger partial charge in [0.25, 0.3) is 0 Å². The molecule has 4 nitrogen and oxygen atoms in total. The van der Waals surface area contributed by atoms with Gasteiger partial charge in [0.15, 0.2) is 0 Å². The van der Waals surface area contributed by atoms with Crippen LogP contribution in [0.4, 0.5) is 0 Å². The number of ether oxygens (including phenoxy) is 1. The maximum Gasteiger partial charge on any atom is 0.224 e. The van der Waals surface area contributed by atoms with Crippen LogP contribution in [0.1, 0.15) is 24.3 Å². The fourth-order valence-electron chi connectivity index (χ4n) is 2.89. The van der Waals surface area contributed by atoms with E-state index < -0.39 is 6.04 Å². The van der Waals surface area contributed by atoms with Crippen molar-refractivity contribution in [2.45, 2.75) is 24.8 Å². The van der Waals surface area contributed by atoms with Crippen molar-refractivity contribution in [3.63, 3.8) is 0 Å². The summed E-state index contributed by atoms with van der Waals surface area (Å²) in [4.78, 5) is 12.3. The number of nitrogens with zero attached hydrogens (tertiary/aromatic N) is 1. The summed E-state index contributed by atoms with van der Waals surface area (Å²) >= 11 is 5.87. The minimum atomic E-state index is -0.438. The summed E-state index contributed by atoms with van der Waals surface area (Å²) in [5.41, 5.74) is 1.14. The van der Waals surface area contributed by atoms with E-state index in [1.165, 1.54) is 0 Å². The molecule has 1 amide bonds. The Hall–Kier alpha value is -1.57. The van der Waals surface area contributed by atoms with Crippen LogP contribution in [0.15, 0.2) is 24.3 Å². The van der Waals surface area contributed by atoms with Crippen LogP contribution in [-0.2, 0) is 9.53 Å². The molecule has 110 valence electrons. The fraction of sp³-hybridized carbons (Fsp3) is 0.500. The van der Waals surface area contributed by atoms with Crippen molar-refractivity contribution in [1.82, 2.24) is 5.32 Å². The second-order valence-electron chi connectivity index (χ2n) is 5.74. The lowest BCUT2D eigenvalue weighted by Crippen LogP contribution is -2.40. The van der Waals surface area contributed by atoms with Crippen LogP contribution in [0.5, 0.6) is 0 Å². The number of nitriles is 1. The highest BCUT2D eigenvalue weighted by molar-refractivity contribution is 6.30. The number of carbonyl (C=O) groups is 1. The van der Waals surface area contributed by atoms with E-state index >= 15 is 0 Å². The minimum Gasteiger partial charge on any atom is -0.381 e. The van der Waals surface area contributed by atoms with E-state index in [1.54, 1.807) is 0 Å². The Morgan fingerprint density at radius 3 is 2.81 bits per heavy atom. The molecule has 2 aliphatic rings. The van der Waals surface area contributed by atoms with Gasteiger partial charge in [0.1, 0.15) is 6.04 Å². The lowest BCUT2D eigenvalue weighted by Gasteiger charge is -2.16. The summed E-state index contributed by atoms with van der Waals surface area (Å²) in [7, 11) is 0. The molecule has 1 aliphatic heterocycles. The van der Waals surface area contributed by atoms with Crippen LogP contribution in [0.25, 0.3) is 0 Å². The SMILES string of the molecule is N#C[C@H](NC(=O)[C@@H]1C[C@@H]1c1ccc(Cl)cc1)[C@@H]1CCOC1. The molecule has 1 aliphatic carbocycles. The Bertz CT molecular complexity index is 561. The van der Waals surface area contributed by atoms with E-state index in [4.69, 9.17) is 16.3 Å². The molecule has 0 unspecified atom stereocenters. The molecule has 1 aromatic rings. The molecule has 1 aromatic carbocycles. The van der Waals surface area contributed by atoms with Gasteiger partial charge in [-0.1, -0.05) is 23.7 Å². The molecule has 5 heteroatoms. The van der Waals surface area contributed by atoms with Crippen molar-refractivity contribution in [2.24, 2.45) is 11.8 Å². The summed E-state index contributed by atoms with van der Waals surface area (Å²) in [6, 6.07) is 9.37. The number of amides is 1. The second-order valence-corrected chi connectivity index (χ2v) is 6.18. The third kappa shape index (κ3) is 3.20. The Morgan fingerprint density at radius 1 is 1.43 bits per heavy atom. The van der Waals surface area contributed by atoms with Gasteiger partial charge in [-0.25, -0.2) is 0 Å². The monoisotopic (exact) mass is 304 g/mol. The largest absolute Gasteiger partial charge is 0.381 e. The third-order valence-corrected chi connectivity index (χ3v) is 4.55. The first kappa shape index (κ1) is 14.4. The number of benzene rings is 1. The molecule has 3 rings (SSSR count). The average Bonchev–Trinajstić information content (AvgIpc) is 3.11. The van der Waals surface area contributed by atoms with Gasteiger partial charge in [-0.15, -0.1) is 0 Å². The first-order valence-corrected chi connectivity index (χ1v) is 7.60. The smallest absolute Gasteiger partial charge is 0.224 e. The van der Waals surface area contributed by atoms with Gasteiger partial charge in [0, 0.05) is 23.5 Å². The van der Waals surface area contributed by atoms with E-state index in [1.807, 2.05) is 24.3 Å². The van der Waals surface area contributed by atoms with Gasteiger partial charge in [0.2, 0.25) is 5.91 Å². The highest BCUT2D eigenvalue weighted by atomic mass is 35.5. The zero-order valence-electron chi connectivity index (χ0n) is 11.6. The molecule has 2 fully saturated rings. The summed E-state index contributed by atoms with van der Waals surface area (Å²) < 4.78 is 5.28. The van der Waals surface area contributed by atoms with Crippen molar-refractivity contribution in [2.75, 3.05) is 13.2 Å². The number of rotatable bonds is 4. The standard InChI is InChI=1S/C16H17ClN2O2/c17-12-3-1-10(2-4-12)13-7-14(13)16(20)19-15(8-18)11-5-6-21-9-11/h1-4,11,13-15H,5-7,9H2,(H,19,20)/t11-,13-,14-,15+/m1/s1. The summed E-state index contributed by atoms with van der Waals surface area (Å²) in [5, 5.41) is 12.8. The lowest BCUT2D eigenvalue weighted by molar-refractivity contribution is -0.123. The van der Waals surface area contributed by atoms with E-state index in [2.05, 4.69) is 11.4 Å². The summed E-state index contributed by atoms with van der Waals surface area (Å²) in [6.07, 6.45) is 1.68. The number of carbonyl (C=O) groups excluding carboxylic acids is 1. The average molecular weight is 305 g/mol. The molecule has 4 atom stereocenters. The molecular formula is C16H17ClN2O2. The van der Waals surface area contributed by atoms with E-state index in [-0.39, 0.29) is 23.7 Å². The molecule has 1 heterocycles. The summed E-state index contributed by atoms with van der Waals surface area (Å²) in [5.74, 6) is 0.325. The topological polar surface area (TPSA) is 62.1 Å². The van der Waals surface area contributed by atoms with E-state index in [9.17, 15) is 10.1 Å². The molecule has 21 heavy (non-hydrogen) atoms. The molecule has 0 aromatic heterocycles. The van der Waals surface area contributed by atoms with Crippen molar-refractivity contribution in [1.29, 1.82) is 5.26 Å². The Balaban J connectivity index is 1.57. The molecule has 1 saturated heterocycles. The Morgan fingerprint density at radius 2 is 2.19 bits per heavy atom. The van der Waals surface area contributed by atoms with E-state index in [0.29, 0.717) is 18.2 Å². The zero-order chi connectivity index (χ0) is 14.8. The van der Waals surface area contributed by atoms with Crippen LogP contribution >= 0.6 is 11.6 Å². The van der Waals surface area contributed by atoms with Crippen molar-refractivity contribution >= 4 is 17.5 Å². The highest BCUT2D eigenvalue weighted by Gasteiger charge is 2.45. The van der Waals surface area contributed by atoms with E-state index in [0.717, 1.165) is 18.4 Å². The van der Waals surface area contributed by atoms with Crippen LogP contribution in [-0.4, -0.2) is 25.2 Å². The molecular weight excluding hydrogens is 288 g/mol. The Kier molecular flexibility index (Phi) is 4.14. The van der Waals surface area contributed by atoms with Gasteiger partial charge < -0.3 is 10.1 Å². The van der Waals surface area contributed by atoms with Gasteiger partial charge in [-0.2, -0.15) is 5.26 Å². The van der Waals surface area contributed by atoms with Crippen LogP contribution in [0.2, 0.25) is 5.02 Å².